The lowest BCUT2D eigenvalue weighted by atomic mass is 10.3. The molecular weight excluding hydrogens is 198 g/mol. The van der Waals surface area contributed by atoms with Crippen LogP contribution in [-0.2, 0) is 0 Å². The van der Waals surface area contributed by atoms with Crippen molar-refractivity contribution >= 4 is 28.3 Å². The van der Waals surface area contributed by atoms with Gasteiger partial charge in [-0.3, -0.25) is 9.38 Å². The summed E-state index contributed by atoms with van der Waals surface area (Å²) < 4.78 is 1.97. The van der Waals surface area contributed by atoms with Gasteiger partial charge >= 0.3 is 0 Å². The van der Waals surface area contributed by atoms with Crippen LogP contribution in [-0.4, -0.2) is 14.4 Å². The van der Waals surface area contributed by atoms with E-state index in [1.54, 1.807) is 12.4 Å². The lowest BCUT2D eigenvalue weighted by Gasteiger charge is -2.00. The number of aromatic nitrogens is 3. The molecule has 3 nitrogen and oxygen atoms in total. The largest absolute Gasteiger partial charge is 0.297 e. The van der Waals surface area contributed by atoms with E-state index in [-0.39, 0.29) is 0 Å². The van der Waals surface area contributed by atoms with Crippen LogP contribution in [0.25, 0.3) is 16.7 Å². The molecule has 68 valence electrons. The Balaban J connectivity index is 2.60. The summed E-state index contributed by atoms with van der Waals surface area (Å²) >= 11 is 5.92. The fourth-order valence-electron chi connectivity index (χ4n) is 1.54. The van der Waals surface area contributed by atoms with Crippen molar-refractivity contribution in [2.24, 2.45) is 0 Å². The van der Waals surface area contributed by atoms with E-state index in [1.807, 2.05) is 28.8 Å². The third-order valence-corrected chi connectivity index (χ3v) is 2.42. The highest BCUT2D eigenvalue weighted by Crippen LogP contribution is 2.18. The first-order valence-corrected chi connectivity index (χ1v) is 4.60. The van der Waals surface area contributed by atoms with Gasteiger partial charge in [0.2, 0.25) is 0 Å². The Bertz CT molecular complexity index is 615. The summed E-state index contributed by atoms with van der Waals surface area (Å²) in [6.45, 7) is 0. The number of halogens is 1. The molecule has 0 radical (unpaired) electrons. The Morgan fingerprint density at radius 3 is 3.07 bits per heavy atom. The zero-order chi connectivity index (χ0) is 9.54. The molecule has 3 rings (SSSR count). The summed E-state index contributed by atoms with van der Waals surface area (Å²) in [5, 5.41) is 0.709. The standard InChI is InChI=1S/C10H6ClN3/c11-7-1-2-8-9(5-7)14-4-3-12-10(14)6-13-8/h1-6H. The van der Waals surface area contributed by atoms with Gasteiger partial charge in [0, 0.05) is 17.4 Å². The van der Waals surface area contributed by atoms with Crippen LogP contribution < -0.4 is 0 Å². The van der Waals surface area contributed by atoms with E-state index in [2.05, 4.69) is 9.97 Å². The zero-order valence-corrected chi connectivity index (χ0v) is 7.94. The summed E-state index contributed by atoms with van der Waals surface area (Å²) in [4.78, 5) is 8.44. The van der Waals surface area contributed by atoms with Gasteiger partial charge in [0.25, 0.3) is 0 Å². The molecule has 0 aliphatic rings. The highest BCUT2D eigenvalue weighted by molar-refractivity contribution is 6.31. The van der Waals surface area contributed by atoms with Crippen molar-refractivity contribution in [2.75, 3.05) is 0 Å². The average molecular weight is 204 g/mol. The average Bonchev–Trinajstić information content (AvgIpc) is 2.65. The number of fused-ring (bicyclic) bond motifs is 3. The third-order valence-electron chi connectivity index (χ3n) is 2.19. The number of hydrogen-bond donors (Lipinski definition) is 0. The van der Waals surface area contributed by atoms with Crippen LogP contribution in [0.4, 0.5) is 0 Å². The van der Waals surface area contributed by atoms with Gasteiger partial charge in [-0.15, -0.1) is 0 Å². The van der Waals surface area contributed by atoms with E-state index in [0.717, 1.165) is 16.7 Å². The monoisotopic (exact) mass is 203 g/mol. The second kappa shape index (κ2) is 2.69. The molecule has 0 amide bonds. The Hall–Kier alpha value is -1.61. The molecule has 2 aromatic heterocycles. The van der Waals surface area contributed by atoms with Gasteiger partial charge < -0.3 is 0 Å². The van der Waals surface area contributed by atoms with E-state index in [4.69, 9.17) is 11.6 Å². The number of nitrogens with zero attached hydrogens (tertiary/aromatic N) is 3. The quantitative estimate of drug-likeness (QED) is 0.562. The molecule has 3 aromatic rings. The Labute approximate surface area is 85.0 Å². The highest BCUT2D eigenvalue weighted by atomic mass is 35.5. The van der Waals surface area contributed by atoms with Crippen LogP contribution in [0.5, 0.6) is 0 Å². The van der Waals surface area contributed by atoms with E-state index in [0.29, 0.717) is 5.02 Å². The molecule has 0 atom stereocenters. The molecule has 2 heterocycles. The van der Waals surface area contributed by atoms with Gasteiger partial charge in [-0.05, 0) is 18.2 Å². The van der Waals surface area contributed by atoms with Crippen molar-refractivity contribution < 1.29 is 0 Å². The smallest absolute Gasteiger partial charge is 0.155 e. The molecule has 0 saturated heterocycles. The lowest BCUT2D eigenvalue weighted by Crippen LogP contribution is -1.89. The number of rotatable bonds is 0. The van der Waals surface area contributed by atoms with Gasteiger partial charge in [0.05, 0.1) is 17.2 Å². The van der Waals surface area contributed by atoms with E-state index < -0.39 is 0 Å². The minimum Gasteiger partial charge on any atom is -0.297 e. The van der Waals surface area contributed by atoms with Crippen LogP contribution in [0.15, 0.2) is 36.8 Å². The molecular formula is C10H6ClN3. The first kappa shape index (κ1) is 7.76. The normalized spacial score (nSPS) is 11.2. The van der Waals surface area contributed by atoms with Gasteiger partial charge in [-0.1, -0.05) is 11.6 Å². The number of imidazole rings is 1. The molecule has 0 unspecified atom stereocenters. The fourth-order valence-corrected chi connectivity index (χ4v) is 1.71. The maximum atomic E-state index is 5.92. The molecule has 0 N–H and O–H groups in total. The number of hydrogen-bond acceptors (Lipinski definition) is 2. The van der Waals surface area contributed by atoms with Gasteiger partial charge in [-0.2, -0.15) is 0 Å². The molecule has 1 aromatic carbocycles. The predicted octanol–water partition coefficient (Wildman–Crippen LogP) is 2.54. The summed E-state index contributed by atoms with van der Waals surface area (Å²) in [6, 6.07) is 5.62. The summed E-state index contributed by atoms with van der Waals surface area (Å²) in [6.07, 6.45) is 5.39. The second-order valence-electron chi connectivity index (χ2n) is 3.05. The SMILES string of the molecule is Clc1ccc2ncc3nccn3c2c1. The van der Waals surface area contributed by atoms with Crippen molar-refractivity contribution in [2.45, 2.75) is 0 Å². The number of benzene rings is 1. The Kier molecular flexibility index (Phi) is 1.49. The molecule has 4 heteroatoms. The molecule has 0 fully saturated rings. The molecule has 0 aliphatic heterocycles. The van der Waals surface area contributed by atoms with Crippen molar-refractivity contribution in [3.05, 3.63) is 41.8 Å². The van der Waals surface area contributed by atoms with Crippen LogP contribution in [0.1, 0.15) is 0 Å². The molecule has 14 heavy (non-hydrogen) atoms. The maximum Gasteiger partial charge on any atom is 0.155 e. The van der Waals surface area contributed by atoms with E-state index in [9.17, 15) is 0 Å². The summed E-state index contributed by atoms with van der Waals surface area (Å²) in [5.74, 6) is 0. The minimum atomic E-state index is 0.709. The van der Waals surface area contributed by atoms with Crippen molar-refractivity contribution in [1.82, 2.24) is 14.4 Å². The van der Waals surface area contributed by atoms with Crippen molar-refractivity contribution in [3.8, 4) is 0 Å². The third kappa shape index (κ3) is 0.992. The summed E-state index contributed by atoms with van der Waals surface area (Å²) in [7, 11) is 0. The Morgan fingerprint density at radius 2 is 2.14 bits per heavy atom. The van der Waals surface area contributed by atoms with Crippen LogP contribution in [0.2, 0.25) is 5.02 Å². The van der Waals surface area contributed by atoms with Crippen LogP contribution in [0.3, 0.4) is 0 Å². The van der Waals surface area contributed by atoms with Gasteiger partial charge in [0.15, 0.2) is 5.65 Å². The molecule has 0 saturated carbocycles. The Morgan fingerprint density at radius 1 is 1.21 bits per heavy atom. The topological polar surface area (TPSA) is 30.2 Å². The van der Waals surface area contributed by atoms with Crippen molar-refractivity contribution in [3.63, 3.8) is 0 Å². The predicted molar refractivity (Wildman–Crippen MR) is 55.5 cm³/mol. The fraction of sp³-hybridized carbons (Fsp3) is 0. The van der Waals surface area contributed by atoms with Crippen molar-refractivity contribution in [1.29, 1.82) is 0 Å². The highest BCUT2D eigenvalue weighted by Gasteiger charge is 2.01. The first-order valence-electron chi connectivity index (χ1n) is 4.22. The van der Waals surface area contributed by atoms with E-state index >= 15 is 0 Å². The molecule has 0 spiro atoms. The summed E-state index contributed by atoms with van der Waals surface area (Å²) in [5.41, 5.74) is 2.73. The first-order chi connectivity index (χ1) is 6.84. The second-order valence-corrected chi connectivity index (χ2v) is 3.48. The van der Waals surface area contributed by atoms with Crippen LogP contribution in [0, 0.1) is 0 Å². The molecule has 0 bridgehead atoms. The van der Waals surface area contributed by atoms with Gasteiger partial charge in [0.1, 0.15) is 0 Å². The zero-order valence-electron chi connectivity index (χ0n) is 7.18. The van der Waals surface area contributed by atoms with Gasteiger partial charge in [-0.25, -0.2) is 4.98 Å². The maximum absolute atomic E-state index is 5.92. The molecule has 0 aliphatic carbocycles. The van der Waals surface area contributed by atoms with E-state index in [1.165, 1.54) is 0 Å². The minimum absolute atomic E-state index is 0.709. The van der Waals surface area contributed by atoms with Crippen LogP contribution >= 0.6 is 11.6 Å². The lowest BCUT2D eigenvalue weighted by molar-refractivity contribution is 1.21.